The van der Waals surface area contributed by atoms with Gasteiger partial charge < -0.3 is 32.3 Å². The topological polar surface area (TPSA) is 120 Å². The fourth-order valence-electron chi connectivity index (χ4n) is 2.55. The van der Waals surface area contributed by atoms with Gasteiger partial charge in [-0.1, -0.05) is 0 Å². The average Bonchev–Trinajstić information content (AvgIpc) is 2.61. The Morgan fingerprint density at radius 3 is 2.28 bits per heavy atom. The number of amides is 2. The van der Waals surface area contributed by atoms with Crippen LogP contribution in [-0.4, -0.2) is 71.2 Å². The van der Waals surface area contributed by atoms with Gasteiger partial charge in [0.25, 0.3) is 0 Å². The first-order valence-corrected chi connectivity index (χ1v) is 9.32. The quantitative estimate of drug-likeness (QED) is 0.195. The first-order valence-electron chi connectivity index (χ1n) is 9.32. The lowest BCUT2D eigenvalue weighted by Gasteiger charge is -2.20. The maximum atomic E-state index is 12.3. The number of unbranched alkanes of at least 4 members (excludes halogenated alkanes) is 1. The van der Waals surface area contributed by atoms with E-state index in [0.29, 0.717) is 26.1 Å². The van der Waals surface area contributed by atoms with Crippen LogP contribution < -0.4 is 32.3 Å². The maximum Gasteiger partial charge on any atom is 0.237 e. The standard InChI is InChI=1S/C17H38N6O2/c1-19-11-6-7-14(20-2)13-23-17(25)15(21-3)8-4-5-12-22-16(24)9-10-18/h14-15,19-21H,4-13,18H2,1-3H3,(H,22,24)(H,23,25)/t14-,15-/m0/s1. The minimum Gasteiger partial charge on any atom is -0.356 e. The molecule has 0 radical (unpaired) electrons. The molecule has 8 heteroatoms. The molecule has 0 aliphatic rings. The molecule has 0 aromatic carbocycles. The van der Waals surface area contributed by atoms with E-state index in [2.05, 4.69) is 26.6 Å². The van der Waals surface area contributed by atoms with Crippen molar-refractivity contribution in [2.24, 2.45) is 5.73 Å². The minimum absolute atomic E-state index is 0.0122. The molecule has 8 nitrogen and oxygen atoms in total. The monoisotopic (exact) mass is 358 g/mol. The number of rotatable bonds is 16. The van der Waals surface area contributed by atoms with Crippen molar-refractivity contribution in [3.05, 3.63) is 0 Å². The van der Waals surface area contributed by atoms with Crippen LogP contribution in [0.1, 0.15) is 38.5 Å². The van der Waals surface area contributed by atoms with Gasteiger partial charge in [-0.05, 0) is 59.8 Å². The third-order valence-electron chi connectivity index (χ3n) is 4.19. The number of likely N-dealkylation sites (N-methyl/N-ethyl adjacent to an activating group) is 2. The van der Waals surface area contributed by atoms with E-state index in [1.165, 1.54) is 0 Å². The lowest BCUT2D eigenvalue weighted by Crippen LogP contribution is -2.47. The Hall–Kier alpha value is -1.22. The number of carbonyl (C=O) groups excluding carboxylic acids is 2. The second-order valence-corrected chi connectivity index (χ2v) is 6.20. The summed E-state index contributed by atoms with van der Waals surface area (Å²) in [5, 5.41) is 15.3. The number of hydrogen-bond acceptors (Lipinski definition) is 6. The molecule has 7 N–H and O–H groups in total. The lowest BCUT2D eigenvalue weighted by molar-refractivity contribution is -0.123. The Morgan fingerprint density at radius 1 is 0.920 bits per heavy atom. The van der Waals surface area contributed by atoms with Gasteiger partial charge in [-0.2, -0.15) is 0 Å². The Bertz CT molecular complexity index is 354. The maximum absolute atomic E-state index is 12.3. The summed E-state index contributed by atoms with van der Waals surface area (Å²) in [6.45, 7) is 2.61. The second-order valence-electron chi connectivity index (χ2n) is 6.20. The predicted octanol–water partition coefficient (Wildman–Crippen LogP) is -1.09. The Balaban J connectivity index is 3.94. The highest BCUT2D eigenvalue weighted by molar-refractivity contribution is 5.81. The summed E-state index contributed by atoms with van der Waals surface area (Å²) < 4.78 is 0. The number of nitrogens with one attached hydrogen (secondary N) is 5. The van der Waals surface area contributed by atoms with Gasteiger partial charge in [-0.25, -0.2) is 0 Å². The summed E-state index contributed by atoms with van der Waals surface area (Å²) in [5.74, 6) is 0.0188. The average molecular weight is 359 g/mol. The van der Waals surface area contributed by atoms with E-state index in [4.69, 9.17) is 5.73 Å². The van der Waals surface area contributed by atoms with Crippen LogP contribution in [0.25, 0.3) is 0 Å². The second kappa shape index (κ2) is 16.3. The highest BCUT2D eigenvalue weighted by Gasteiger charge is 2.17. The number of carbonyl (C=O) groups is 2. The molecule has 0 spiro atoms. The Labute approximate surface area is 152 Å². The molecule has 0 fully saturated rings. The molecule has 148 valence electrons. The van der Waals surface area contributed by atoms with Gasteiger partial charge in [-0.3, -0.25) is 9.59 Å². The predicted molar refractivity (Wildman–Crippen MR) is 102 cm³/mol. The van der Waals surface area contributed by atoms with E-state index in [9.17, 15) is 9.59 Å². The normalized spacial score (nSPS) is 13.3. The molecule has 0 bridgehead atoms. The molecule has 0 aliphatic heterocycles. The molecule has 0 heterocycles. The van der Waals surface area contributed by atoms with Crippen LogP contribution in [0.5, 0.6) is 0 Å². The van der Waals surface area contributed by atoms with Crippen LogP contribution in [0.2, 0.25) is 0 Å². The molecule has 0 unspecified atom stereocenters. The van der Waals surface area contributed by atoms with Crippen molar-refractivity contribution in [3.63, 3.8) is 0 Å². The summed E-state index contributed by atoms with van der Waals surface area (Å²) in [7, 11) is 5.66. The number of nitrogens with two attached hydrogens (primary N) is 1. The molecule has 0 aromatic heterocycles. The van der Waals surface area contributed by atoms with E-state index in [0.717, 1.165) is 38.6 Å². The van der Waals surface area contributed by atoms with Gasteiger partial charge in [0.05, 0.1) is 6.04 Å². The van der Waals surface area contributed by atoms with Gasteiger partial charge in [0.15, 0.2) is 0 Å². The van der Waals surface area contributed by atoms with Gasteiger partial charge in [-0.15, -0.1) is 0 Å². The van der Waals surface area contributed by atoms with Gasteiger partial charge >= 0.3 is 0 Å². The van der Waals surface area contributed by atoms with Crippen molar-refractivity contribution < 1.29 is 9.59 Å². The van der Waals surface area contributed by atoms with Gasteiger partial charge in [0, 0.05) is 32.1 Å². The van der Waals surface area contributed by atoms with Crippen molar-refractivity contribution in [3.8, 4) is 0 Å². The van der Waals surface area contributed by atoms with Crippen LogP contribution >= 0.6 is 0 Å². The van der Waals surface area contributed by atoms with Crippen LogP contribution in [0.4, 0.5) is 0 Å². The van der Waals surface area contributed by atoms with E-state index in [1.54, 1.807) is 7.05 Å². The van der Waals surface area contributed by atoms with E-state index in [1.807, 2.05) is 14.1 Å². The van der Waals surface area contributed by atoms with Crippen molar-refractivity contribution in [2.45, 2.75) is 50.6 Å². The van der Waals surface area contributed by atoms with Crippen molar-refractivity contribution >= 4 is 11.8 Å². The minimum atomic E-state index is -0.199. The summed E-state index contributed by atoms with van der Waals surface area (Å²) in [6, 6.07) is 0.0853. The number of hydrogen-bond donors (Lipinski definition) is 6. The summed E-state index contributed by atoms with van der Waals surface area (Å²) in [4.78, 5) is 23.6. The Kier molecular flexibility index (Phi) is 15.5. The summed E-state index contributed by atoms with van der Waals surface area (Å²) in [6.07, 6.45) is 4.93. The molecule has 0 rings (SSSR count). The highest BCUT2D eigenvalue weighted by Crippen LogP contribution is 2.01. The summed E-state index contributed by atoms with van der Waals surface area (Å²) in [5.41, 5.74) is 5.32. The summed E-state index contributed by atoms with van der Waals surface area (Å²) >= 11 is 0. The molecule has 0 saturated carbocycles. The van der Waals surface area contributed by atoms with E-state index in [-0.39, 0.29) is 23.9 Å². The smallest absolute Gasteiger partial charge is 0.237 e. The molecule has 0 aromatic rings. The Morgan fingerprint density at radius 2 is 1.68 bits per heavy atom. The molecular formula is C17H38N6O2. The van der Waals surface area contributed by atoms with Crippen LogP contribution in [0.15, 0.2) is 0 Å². The van der Waals surface area contributed by atoms with Gasteiger partial charge in [0.2, 0.25) is 11.8 Å². The van der Waals surface area contributed by atoms with Crippen molar-refractivity contribution in [1.82, 2.24) is 26.6 Å². The fraction of sp³-hybridized carbons (Fsp3) is 0.882. The molecule has 25 heavy (non-hydrogen) atoms. The molecular weight excluding hydrogens is 320 g/mol. The van der Waals surface area contributed by atoms with E-state index < -0.39 is 0 Å². The molecule has 0 saturated heterocycles. The van der Waals surface area contributed by atoms with Crippen LogP contribution in [0.3, 0.4) is 0 Å². The lowest BCUT2D eigenvalue weighted by atomic mass is 10.1. The zero-order valence-corrected chi connectivity index (χ0v) is 16.1. The SMILES string of the molecule is CNCCC[C@@H](CNC(=O)[C@H](CCCCNC(=O)CCN)NC)NC. The fourth-order valence-corrected chi connectivity index (χ4v) is 2.55. The molecule has 2 atom stereocenters. The third-order valence-corrected chi connectivity index (χ3v) is 4.19. The largest absolute Gasteiger partial charge is 0.356 e. The zero-order chi connectivity index (χ0) is 18.9. The van der Waals surface area contributed by atoms with E-state index >= 15 is 0 Å². The van der Waals surface area contributed by atoms with Gasteiger partial charge in [0.1, 0.15) is 0 Å². The zero-order valence-electron chi connectivity index (χ0n) is 16.1. The highest BCUT2D eigenvalue weighted by atomic mass is 16.2. The van der Waals surface area contributed by atoms with Crippen LogP contribution in [-0.2, 0) is 9.59 Å². The third kappa shape index (κ3) is 12.7. The van der Waals surface area contributed by atoms with Crippen LogP contribution in [0, 0.1) is 0 Å². The first-order chi connectivity index (χ1) is 12.1. The first kappa shape index (κ1) is 23.8. The van der Waals surface area contributed by atoms with Crippen molar-refractivity contribution in [2.75, 3.05) is 47.3 Å². The van der Waals surface area contributed by atoms with Crippen molar-refractivity contribution in [1.29, 1.82) is 0 Å². The molecule has 0 aliphatic carbocycles. The molecule has 2 amide bonds.